The van der Waals surface area contributed by atoms with Crippen LogP contribution in [0.5, 0.6) is 0 Å². The third-order valence-electron chi connectivity index (χ3n) is 5.43. The summed E-state index contributed by atoms with van der Waals surface area (Å²) in [4.78, 5) is 26.5. The largest absolute Gasteiger partial charge is 0.391 e. The summed E-state index contributed by atoms with van der Waals surface area (Å²) in [6.45, 7) is 3.99. The zero-order valence-corrected chi connectivity index (χ0v) is 19.6. The minimum atomic E-state index is -0.670. The Kier molecular flexibility index (Phi) is 7.51. The Morgan fingerprint density at radius 3 is 2.77 bits per heavy atom. The van der Waals surface area contributed by atoms with Crippen molar-refractivity contribution in [2.24, 2.45) is 5.84 Å². The monoisotopic (exact) mass is 472 g/mol. The van der Waals surface area contributed by atoms with Crippen LogP contribution in [0.2, 0.25) is 0 Å². The van der Waals surface area contributed by atoms with Crippen LogP contribution in [0.1, 0.15) is 28.4 Å². The number of hydroxylamine groups is 1. The maximum Gasteiger partial charge on any atom is 0.275 e. The van der Waals surface area contributed by atoms with E-state index in [-0.39, 0.29) is 12.5 Å². The number of benzene rings is 2. The maximum absolute atomic E-state index is 12.4. The number of anilines is 2. The molecule has 0 spiro atoms. The molecule has 0 fully saturated rings. The van der Waals surface area contributed by atoms with E-state index < -0.39 is 6.10 Å². The normalized spacial score (nSPS) is 11.8. The second-order valence-corrected chi connectivity index (χ2v) is 8.24. The summed E-state index contributed by atoms with van der Waals surface area (Å²) in [5.41, 5.74) is 10.6. The van der Waals surface area contributed by atoms with Crippen LogP contribution in [0.25, 0.3) is 22.2 Å². The van der Waals surface area contributed by atoms with Gasteiger partial charge in [0, 0.05) is 29.3 Å². The molecular weight excluding hydrogens is 444 g/mol. The molecule has 4 rings (SSSR count). The second-order valence-electron chi connectivity index (χ2n) is 8.24. The molecule has 2 aromatic carbocycles. The van der Waals surface area contributed by atoms with Gasteiger partial charge in [0.25, 0.3) is 5.91 Å². The predicted molar refractivity (Wildman–Crippen MR) is 136 cm³/mol. The standard InChI is InChI=1S/C26H28N6O3/c1-16-12-20(6-7-21(16)26(34)32-35-15-17(2)33)23-9-10-24(31-27)25(30-23)29-14-18-5-8-22-19(13-18)4-3-11-28-22/h3-13,17,31,33H,14-15,27H2,1-2H3,(H,29,30)(H,32,34)/t17-/m1/s1. The van der Waals surface area contributed by atoms with Crippen molar-refractivity contribution < 1.29 is 14.7 Å². The number of carbonyl (C=O) groups excluding carboxylic acids is 1. The zero-order valence-electron chi connectivity index (χ0n) is 19.6. The number of hydrazine groups is 1. The molecule has 35 heavy (non-hydrogen) atoms. The Morgan fingerprint density at radius 2 is 2.00 bits per heavy atom. The van der Waals surface area contributed by atoms with E-state index >= 15 is 0 Å². The molecule has 4 aromatic rings. The van der Waals surface area contributed by atoms with Crippen molar-refractivity contribution >= 4 is 28.3 Å². The first kappa shape index (κ1) is 24.1. The zero-order chi connectivity index (χ0) is 24.8. The van der Waals surface area contributed by atoms with Gasteiger partial charge in [-0.05, 0) is 67.4 Å². The van der Waals surface area contributed by atoms with Crippen LogP contribution in [0.4, 0.5) is 11.5 Å². The number of fused-ring (bicyclic) bond motifs is 1. The SMILES string of the molecule is Cc1cc(-c2ccc(NN)c(NCc3ccc4ncccc4c3)n2)ccc1C(=O)NOC[C@@H](C)O. The van der Waals surface area contributed by atoms with E-state index in [2.05, 4.69) is 27.3 Å². The van der Waals surface area contributed by atoms with Crippen LogP contribution in [0.15, 0.2) is 66.9 Å². The highest BCUT2D eigenvalue weighted by molar-refractivity contribution is 5.95. The molecule has 9 nitrogen and oxygen atoms in total. The molecule has 0 saturated heterocycles. The van der Waals surface area contributed by atoms with Crippen LogP contribution in [0.3, 0.4) is 0 Å². The van der Waals surface area contributed by atoms with Crippen LogP contribution >= 0.6 is 0 Å². The average molecular weight is 473 g/mol. The number of nitrogens with zero attached hydrogens (tertiary/aromatic N) is 2. The lowest BCUT2D eigenvalue weighted by Gasteiger charge is -2.14. The highest BCUT2D eigenvalue weighted by atomic mass is 16.7. The van der Waals surface area contributed by atoms with Crippen LogP contribution in [-0.2, 0) is 11.4 Å². The summed E-state index contributed by atoms with van der Waals surface area (Å²) >= 11 is 0. The minimum Gasteiger partial charge on any atom is -0.391 e. The third kappa shape index (κ3) is 5.90. The Hall–Kier alpha value is -4.05. The van der Waals surface area contributed by atoms with Crippen molar-refractivity contribution in [1.29, 1.82) is 0 Å². The molecule has 0 unspecified atom stereocenters. The summed E-state index contributed by atoms with van der Waals surface area (Å²) in [6.07, 6.45) is 1.11. The second kappa shape index (κ2) is 10.9. The number of hydrogen-bond acceptors (Lipinski definition) is 8. The van der Waals surface area contributed by atoms with Gasteiger partial charge in [0.05, 0.1) is 23.0 Å². The van der Waals surface area contributed by atoms with Gasteiger partial charge in [-0.2, -0.15) is 0 Å². The van der Waals surface area contributed by atoms with Gasteiger partial charge in [-0.25, -0.2) is 10.5 Å². The lowest BCUT2D eigenvalue weighted by atomic mass is 10.0. The number of aliphatic hydroxyl groups excluding tert-OH is 1. The Balaban J connectivity index is 1.51. The molecule has 0 saturated carbocycles. The Morgan fingerprint density at radius 1 is 1.14 bits per heavy atom. The van der Waals surface area contributed by atoms with Gasteiger partial charge in [0.15, 0.2) is 5.82 Å². The van der Waals surface area contributed by atoms with Gasteiger partial charge in [0.2, 0.25) is 0 Å². The fourth-order valence-corrected chi connectivity index (χ4v) is 3.65. The van der Waals surface area contributed by atoms with Crippen molar-refractivity contribution in [1.82, 2.24) is 15.4 Å². The lowest BCUT2D eigenvalue weighted by Crippen LogP contribution is -2.27. The van der Waals surface area contributed by atoms with E-state index in [0.717, 1.165) is 33.3 Å². The molecule has 0 radical (unpaired) electrons. The molecular formula is C26H28N6O3. The number of aromatic nitrogens is 2. The molecule has 2 heterocycles. The topological polar surface area (TPSA) is 134 Å². The molecule has 1 amide bonds. The average Bonchev–Trinajstić information content (AvgIpc) is 2.86. The van der Waals surface area contributed by atoms with E-state index in [1.165, 1.54) is 0 Å². The quantitative estimate of drug-likeness (QED) is 0.184. The molecule has 1 atom stereocenters. The number of aryl methyl sites for hydroxylation is 1. The van der Waals surface area contributed by atoms with Crippen molar-refractivity contribution in [3.05, 3.63) is 83.6 Å². The first-order valence-corrected chi connectivity index (χ1v) is 11.2. The van der Waals surface area contributed by atoms with Gasteiger partial charge in [-0.1, -0.05) is 18.2 Å². The molecule has 2 aromatic heterocycles. The van der Waals surface area contributed by atoms with Gasteiger partial charge in [0.1, 0.15) is 6.61 Å². The third-order valence-corrected chi connectivity index (χ3v) is 5.43. The number of nitrogen functional groups attached to an aromatic ring is 1. The van der Waals surface area contributed by atoms with E-state index in [9.17, 15) is 9.90 Å². The van der Waals surface area contributed by atoms with Crippen LogP contribution in [-0.4, -0.2) is 33.7 Å². The van der Waals surface area contributed by atoms with Crippen molar-refractivity contribution in [2.45, 2.75) is 26.5 Å². The number of aliphatic hydroxyl groups is 1. The highest BCUT2D eigenvalue weighted by Gasteiger charge is 2.13. The summed E-state index contributed by atoms with van der Waals surface area (Å²) < 4.78 is 0. The van der Waals surface area contributed by atoms with Crippen molar-refractivity contribution in [3.63, 3.8) is 0 Å². The van der Waals surface area contributed by atoms with Crippen LogP contribution in [0, 0.1) is 6.92 Å². The first-order valence-electron chi connectivity index (χ1n) is 11.2. The van der Waals surface area contributed by atoms with E-state index in [1.807, 2.05) is 55.5 Å². The number of rotatable bonds is 9. The summed E-state index contributed by atoms with van der Waals surface area (Å²) in [5, 5.41) is 13.7. The molecule has 6 N–H and O–H groups in total. The van der Waals surface area contributed by atoms with E-state index in [4.69, 9.17) is 15.7 Å². The van der Waals surface area contributed by atoms with Crippen molar-refractivity contribution in [2.75, 3.05) is 17.3 Å². The number of nitrogens with one attached hydrogen (secondary N) is 3. The van der Waals surface area contributed by atoms with Gasteiger partial charge >= 0.3 is 0 Å². The summed E-state index contributed by atoms with van der Waals surface area (Å²) in [6, 6.07) is 19.2. The predicted octanol–water partition coefficient (Wildman–Crippen LogP) is 3.55. The molecule has 0 aliphatic heterocycles. The van der Waals surface area contributed by atoms with Crippen molar-refractivity contribution in [3.8, 4) is 11.3 Å². The van der Waals surface area contributed by atoms with E-state index in [1.54, 1.807) is 19.2 Å². The number of pyridine rings is 2. The highest BCUT2D eigenvalue weighted by Crippen LogP contribution is 2.27. The lowest BCUT2D eigenvalue weighted by molar-refractivity contribution is -0.00690. The van der Waals surface area contributed by atoms with E-state index in [0.29, 0.717) is 23.6 Å². The van der Waals surface area contributed by atoms with Gasteiger partial charge in [-0.15, -0.1) is 0 Å². The number of hydrogen-bond donors (Lipinski definition) is 5. The minimum absolute atomic E-state index is 0.0141. The number of nitrogens with two attached hydrogens (primary N) is 1. The van der Waals surface area contributed by atoms with Crippen LogP contribution < -0.4 is 22.1 Å². The summed E-state index contributed by atoms with van der Waals surface area (Å²) in [5.74, 6) is 5.94. The maximum atomic E-state index is 12.4. The fourth-order valence-electron chi connectivity index (χ4n) is 3.65. The van der Waals surface area contributed by atoms with Gasteiger partial charge < -0.3 is 15.8 Å². The number of carbonyl (C=O) groups is 1. The molecule has 0 aliphatic rings. The molecule has 0 bridgehead atoms. The Labute approximate surface area is 203 Å². The Bertz CT molecular complexity index is 1340. The fraction of sp³-hybridized carbons (Fsp3) is 0.192. The molecule has 0 aliphatic carbocycles. The number of amides is 1. The molecule has 9 heteroatoms. The molecule has 180 valence electrons. The summed E-state index contributed by atoms with van der Waals surface area (Å²) in [7, 11) is 0. The van der Waals surface area contributed by atoms with Gasteiger partial charge in [-0.3, -0.25) is 20.5 Å². The first-order chi connectivity index (χ1) is 16.9. The smallest absolute Gasteiger partial charge is 0.275 e.